The molecule has 2 aromatic carbocycles. The van der Waals surface area contributed by atoms with Crippen LogP contribution < -0.4 is 0 Å². The van der Waals surface area contributed by atoms with Gasteiger partial charge in [0.2, 0.25) is 0 Å². The van der Waals surface area contributed by atoms with Crippen LogP contribution >= 0.6 is 0 Å². The third-order valence-corrected chi connectivity index (χ3v) is 4.87. The third kappa shape index (κ3) is 3.35. The highest BCUT2D eigenvalue weighted by molar-refractivity contribution is 5.94. The largest absolute Gasteiger partial charge is 0.392 e. The van der Waals surface area contributed by atoms with Crippen LogP contribution in [0.3, 0.4) is 0 Å². The zero-order chi connectivity index (χ0) is 17.1. The van der Waals surface area contributed by atoms with E-state index in [9.17, 15) is 9.90 Å². The summed E-state index contributed by atoms with van der Waals surface area (Å²) in [5, 5.41) is 9.47. The molecule has 0 unspecified atom stereocenters. The van der Waals surface area contributed by atoms with E-state index in [1.807, 2.05) is 60.5 Å². The van der Waals surface area contributed by atoms with Gasteiger partial charge in [-0.1, -0.05) is 36.4 Å². The second-order valence-electron chi connectivity index (χ2n) is 6.51. The van der Waals surface area contributed by atoms with Crippen LogP contribution in [0.25, 0.3) is 11.1 Å². The Hall–Kier alpha value is -2.17. The zero-order valence-corrected chi connectivity index (χ0v) is 14.3. The lowest BCUT2D eigenvalue weighted by Gasteiger charge is -2.24. The van der Waals surface area contributed by atoms with Crippen LogP contribution in [0, 0.1) is 0 Å². The first-order valence-electron chi connectivity index (χ1n) is 8.35. The Morgan fingerprint density at radius 2 is 1.92 bits per heavy atom. The Morgan fingerprint density at radius 1 is 1.21 bits per heavy atom. The molecule has 24 heavy (non-hydrogen) atoms. The summed E-state index contributed by atoms with van der Waals surface area (Å²) in [5.41, 5.74) is 3.61. The second kappa shape index (κ2) is 7.16. The zero-order valence-electron chi connectivity index (χ0n) is 14.3. The van der Waals surface area contributed by atoms with E-state index in [-0.39, 0.29) is 18.6 Å². The van der Waals surface area contributed by atoms with Crippen molar-refractivity contribution >= 4 is 5.91 Å². The SMILES string of the molecule is CN1CC[C@H](N(C)C(=O)c2ccc(-c3ccccc3CO)cc2)C1. The highest BCUT2D eigenvalue weighted by Gasteiger charge is 2.26. The monoisotopic (exact) mass is 324 g/mol. The number of rotatable bonds is 4. The smallest absolute Gasteiger partial charge is 0.253 e. The molecule has 0 radical (unpaired) electrons. The summed E-state index contributed by atoms with van der Waals surface area (Å²) >= 11 is 0. The van der Waals surface area contributed by atoms with E-state index in [0.717, 1.165) is 36.2 Å². The van der Waals surface area contributed by atoms with E-state index in [1.54, 1.807) is 0 Å². The summed E-state index contributed by atoms with van der Waals surface area (Å²) in [6.07, 6.45) is 1.03. The van der Waals surface area contributed by atoms with Gasteiger partial charge in [-0.2, -0.15) is 0 Å². The fourth-order valence-corrected chi connectivity index (χ4v) is 3.33. The van der Waals surface area contributed by atoms with E-state index in [1.165, 1.54) is 0 Å². The minimum atomic E-state index is 0.00872. The number of aliphatic hydroxyl groups is 1. The van der Waals surface area contributed by atoms with Crippen molar-refractivity contribution in [3.63, 3.8) is 0 Å². The molecule has 0 aliphatic carbocycles. The van der Waals surface area contributed by atoms with Crippen molar-refractivity contribution in [3.8, 4) is 11.1 Å². The van der Waals surface area contributed by atoms with Gasteiger partial charge in [-0.3, -0.25) is 4.79 Å². The van der Waals surface area contributed by atoms with Gasteiger partial charge in [0.15, 0.2) is 0 Å². The average molecular weight is 324 g/mol. The molecule has 0 bridgehead atoms. The van der Waals surface area contributed by atoms with E-state index in [0.29, 0.717) is 5.56 Å². The molecule has 1 amide bonds. The summed E-state index contributed by atoms with van der Waals surface area (Å²) in [7, 11) is 3.98. The molecule has 1 aliphatic rings. The van der Waals surface area contributed by atoms with Crippen molar-refractivity contribution in [2.45, 2.75) is 19.1 Å². The maximum Gasteiger partial charge on any atom is 0.253 e. The molecule has 1 atom stereocenters. The molecule has 126 valence electrons. The molecule has 1 heterocycles. The molecule has 3 rings (SSSR count). The molecule has 1 fully saturated rings. The Morgan fingerprint density at radius 3 is 2.54 bits per heavy atom. The normalized spacial score (nSPS) is 17.9. The molecule has 0 aromatic heterocycles. The van der Waals surface area contributed by atoms with Gasteiger partial charge in [0, 0.05) is 25.2 Å². The Labute approximate surface area is 143 Å². The molecule has 1 N–H and O–H groups in total. The van der Waals surface area contributed by atoms with Crippen LogP contribution in [0.5, 0.6) is 0 Å². The van der Waals surface area contributed by atoms with Gasteiger partial charge >= 0.3 is 0 Å². The van der Waals surface area contributed by atoms with Crippen molar-refractivity contribution in [2.75, 3.05) is 27.2 Å². The van der Waals surface area contributed by atoms with E-state index < -0.39 is 0 Å². The Bertz CT molecular complexity index is 712. The molecule has 0 saturated carbocycles. The summed E-state index contributed by atoms with van der Waals surface area (Å²) < 4.78 is 0. The summed E-state index contributed by atoms with van der Waals surface area (Å²) in [4.78, 5) is 16.8. The van der Waals surface area contributed by atoms with Crippen LogP contribution in [-0.2, 0) is 6.61 Å². The first-order chi connectivity index (χ1) is 11.6. The van der Waals surface area contributed by atoms with Crippen molar-refractivity contribution in [1.29, 1.82) is 0 Å². The average Bonchev–Trinajstić information content (AvgIpc) is 3.07. The maximum atomic E-state index is 12.7. The summed E-state index contributed by atoms with van der Waals surface area (Å²) in [6, 6.07) is 15.7. The molecule has 4 heteroatoms. The van der Waals surface area contributed by atoms with Gasteiger partial charge in [0.1, 0.15) is 0 Å². The molecular formula is C20H24N2O2. The number of nitrogens with zero attached hydrogens (tertiary/aromatic N) is 2. The standard InChI is InChI=1S/C20H24N2O2/c1-21-12-11-18(13-21)22(2)20(24)16-9-7-15(8-10-16)19-6-4-3-5-17(19)14-23/h3-10,18,23H,11-14H2,1-2H3/t18-/m0/s1. The van der Waals surface area contributed by atoms with Crippen molar-refractivity contribution in [3.05, 3.63) is 59.7 Å². The lowest BCUT2D eigenvalue weighted by Crippen LogP contribution is -2.38. The molecule has 2 aromatic rings. The van der Waals surface area contributed by atoms with Gasteiger partial charge in [-0.05, 0) is 48.8 Å². The maximum absolute atomic E-state index is 12.7. The molecule has 1 aliphatic heterocycles. The predicted molar refractivity (Wildman–Crippen MR) is 95.8 cm³/mol. The van der Waals surface area contributed by atoms with Gasteiger partial charge in [-0.15, -0.1) is 0 Å². The topological polar surface area (TPSA) is 43.8 Å². The number of likely N-dealkylation sites (N-methyl/N-ethyl adjacent to an activating group) is 2. The number of benzene rings is 2. The van der Waals surface area contributed by atoms with Crippen LogP contribution in [0.1, 0.15) is 22.3 Å². The Kier molecular flexibility index (Phi) is 4.97. The van der Waals surface area contributed by atoms with E-state index >= 15 is 0 Å². The third-order valence-electron chi connectivity index (χ3n) is 4.87. The lowest BCUT2D eigenvalue weighted by atomic mass is 9.99. The number of hydrogen-bond acceptors (Lipinski definition) is 3. The van der Waals surface area contributed by atoms with E-state index in [2.05, 4.69) is 11.9 Å². The number of carbonyl (C=O) groups is 1. The molecule has 0 spiro atoms. The molecule has 1 saturated heterocycles. The Balaban J connectivity index is 1.78. The quantitative estimate of drug-likeness (QED) is 0.940. The van der Waals surface area contributed by atoms with Gasteiger partial charge in [0.25, 0.3) is 5.91 Å². The lowest BCUT2D eigenvalue weighted by molar-refractivity contribution is 0.0737. The van der Waals surface area contributed by atoms with Gasteiger partial charge < -0.3 is 14.9 Å². The van der Waals surface area contributed by atoms with Crippen molar-refractivity contribution in [1.82, 2.24) is 9.80 Å². The van der Waals surface area contributed by atoms with Crippen LogP contribution in [0.2, 0.25) is 0 Å². The summed E-state index contributed by atoms with van der Waals surface area (Å²) in [5.74, 6) is 0.0669. The van der Waals surface area contributed by atoms with Crippen molar-refractivity contribution < 1.29 is 9.90 Å². The fourth-order valence-electron chi connectivity index (χ4n) is 3.33. The predicted octanol–water partition coefficient (Wildman–Crippen LogP) is 2.62. The number of carbonyl (C=O) groups excluding carboxylic acids is 1. The van der Waals surface area contributed by atoms with Gasteiger partial charge in [-0.25, -0.2) is 0 Å². The number of hydrogen-bond donors (Lipinski definition) is 1. The first kappa shape index (κ1) is 16.7. The minimum Gasteiger partial charge on any atom is -0.392 e. The molecular weight excluding hydrogens is 300 g/mol. The first-order valence-corrected chi connectivity index (χ1v) is 8.35. The highest BCUT2D eigenvalue weighted by Crippen LogP contribution is 2.25. The number of likely N-dealkylation sites (tertiary alicyclic amines) is 1. The number of amides is 1. The highest BCUT2D eigenvalue weighted by atomic mass is 16.3. The molecule has 4 nitrogen and oxygen atoms in total. The fraction of sp³-hybridized carbons (Fsp3) is 0.350. The van der Waals surface area contributed by atoms with Crippen LogP contribution in [-0.4, -0.2) is 54.0 Å². The van der Waals surface area contributed by atoms with Crippen LogP contribution in [0.15, 0.2) is 48.5 Å². The minimum absolute atomic E-state index is 0.00872. The van der Waals surface area contributed by atoms with E-state index in [4.69, 9.17) is 0 Å². The van der Waals surface area contributed by atoms with Gasteiger partial charge in [0.05, 0.1) is 6.61 Å². The van der Waals surface area contributed by atoms with Crippen LogP contribution in [0.4, 0.5) is 0 Å². The summed E-state index contributed by atoms with van der Waals surface area (Å²) in [6.45, 7) is 1.98. The second-order valence-corrected chi connectivity index (χ2v) is 6.51. The van der Waals surface area contributed by atoms with Crippen molar-refractivity contribution in [2.24, 2.45) is 0 Å². The number of aliphatic hydroxyl groups excluding tert-OH is 1.